The van der Waals surface area contributed by atoms with Gasteiger partial charge in [-0.25, -0.2) is 9.37 Å². The van der Waals surface area contributed by atoms with Crippen LogP contribution in [-0.4, -0.2) is 64.0 Å². The van der Waals surface area contributed by atoms with Crippen LogP contribution in [0.4, 0.5) is 15.9 Å². The van der Waals surface area contributed by atoms with Gasteiger partial charge in [0, 0.05) is 35.6 Å². The first kappa shape index (κ1) is 29.8. The molecular weight excluding hydrogens is 595 g/mol. The molecule has 4 heterocycles. The number of rotatable bonds is 8. The Balaban J connectivity index is 1.08. The fourth-order valence-electron chi connectivity index (χ4n) is 7.67. The summed E-state index contributed by atoms with van der Waals surface area (Å²) < 4.78 is 20.8. The summed E-state index contributed by atoms with van der Waals surface area (Å²) in [6, 6.07) is 17.6. The van der Waals surface area contributed by atoms with Gasteiger partial charge in [-0.2, -0.15) is 5.10 Å². The average molecular weight is 635 g/mol. The number of benzene rings is 2. The molecule has 2 bridgehead atoms. The van der Waals surface area contributed by atoms with Crippen molar-refractivity contribution in [3.8, 4) is 22.3 Å². The maximum absolute atomic E-state index is 15.0. The quantitative estimate of drug-likeness (QED) is 0.227. The number of aryl methyl sites for hydroxylation is 3. The minimum Gasteiger partial charge on any atom is -0.374 e. The number of halogens is 1. The van der Waals surface area contributed by atoms with Crippen molar-refractivity contribution >= 4 is 23.3 Å². The van der Waals surface area contributed by atoms with Gasteiger partial charge < -0.3 is 20.3 Å². The lowest BCUT2D eigenvalue weighted by atomic mass is 9.77. The number of H-pyrrole nitrogens is 1. The van der Waals surface area contributed by atoms with E-state index in [1.165, 1.54) is 0 Å². The standard InChI is InChI=1S/C37H39FN6O3/c1-21-33(22(2)43-42-21)24-8-10-27(11-9-24)40-35(45)34(41-36(46)37(38)13-14-37)30-5-3-4-23-6-7-25(16-31(23)30)26-12-15-39-32(17-26)44-19-29-18-28(44)20-47-29/h6-12,15-17,28-30,34H,3-5,13-14,18-20H2,1-2H3,(H,40,45)(H,41,46)(H,42,43)/t28-,29-,30?,34-/m0/s1. The van der Waals surface area contributed by atoms with Crippen LogP contribution in [0, 0.1) is 13.8 Å². The smallest absolute Gasteiger partial charge is 0.258 e. The van der Waals surface area contributed by atoms with Crippen LogP contribution in [-0.2, 0) is 20.7 Å². The van der Waals surface area contributed by atoms with E-state index >= 15 is 0 Å². The molecule has 2 aliphatic heterocycles. The Hall–Kier alpha value is -4.57. The molecule has 8 rings (SSSR count). The Morgan fingerprint density at radius 3 is 2.55 bits per heavy atom. The number of pyridine rings is 1. The Bertz CT molecular complexity index is 1830. The number of aromatic amines is 1. The monoisotopic (exact) mass is 634 g/mol. The van der Waals surface area contributed by atoms with Crippen molar-refractivity contribution in [2.24, 2.45) is 0 Å². The largest absolute Gasteiger partial charge is 0.374 e. The first-order valence-electron chi connectivity index (χ1n) is 16.7. The minimum atomic E-state index is -1.90. The zero-order chi connectivity index (χ0) is 32.3. The maximum Gasteiger partial charge on any atom is 0.258 e. The van der Waals surface area contributed by atoms with Crippen molar-refractivity contribution in [3.63, 3.8) is 0 Å². The number of aromatic nitrogens is 3. The Morgan fingerprint density at radius 2 is 1.85 bits per heavy atom. The van der Waals surface area contributed by atoms with Crippen LogP contribution in [0.5, 0.6) is 0 Å². The Labute approximate surface area is 273 Å². The lowest BCUT2D eigenvalue weighted by molar-refractivity contribution is -0.131. The maximum atomic E-state index is 15.0. The van der Waals surface area contributed by atoms with Crippen molar-refractivity contribution in [1.82, 2.24) is 20.5 Å². The van der Waals surface area contributed by atoms with E-state index in [1.807, 2.05) is 50.4 Å². The number of nitrogens with one attached hydrogen (secondary N) is 3. The van der Waals surface area contributed by atoms with Crippen LogP contribution < -0.4 is 15.5 Å². The zero-order valence-corrected chi connectivity index (χ0v) is 26.7. The Morgan fingerprint density at radius 1 is 1.06 bits per heavy atom. The van der Waals surface area contributed by atoms with Crippen LogP contribution >= 0.6 is 0 Å². The lowest BCUT2D eigenvalue weighted by Crippen LogP contribution is -2.51. The Kier molecular flexibility index (Phi) is 7.35. The van der Waals surface area contributed by atoms with Crippen LogP contribution in [0.1, 0.15) is 60.5 Å². The highest BCUT2D eigenvalue weighted by atomic mass is 19.1. The first-order chi connectivity index (χ1) is 22.8. The molecule has 4 aliphatic rings. The van der Waals surface area contributed by atoms with Gasteiger partial charge in [-0.3, -0.25) is 14.7 Å². The molecule has 2 saturated heterocycles. The summed E-state index contributed by atoms with van der Waals surface area (Å²) in [5, 5.41) is 13.2. The molecule has 1 saturated carbocycles. The summed E-state index contributed by atoms with van der Waals surface area (Å²) in [5.74, 6) is -0.427. The highest BCUT2D eigenvalue weighted by molar-refractivity contribution is 6.00. The number of carbonyl (C=O) groups is 2. The predicted molar refractivity (Wildman–Crippen MR) is 178 cm³/mol. The van der Waals surface area contributed by atoms with Crippen LogP contribution in [0.15, 0.2) is 60.8 Å². The van der Waals surface area contributed by atoms with Gasteiger partial charge in [0.2, 0.25) is 5.91 Å². The van der Waals surface area contributed by atoms with Gasteiger partial charge in [0.15, 0.2) is 5.67 Å². The molecule has 3 N–H and O–H groups in total. The summed E-state index contributed by atoms with van der Waals surface area (Å²) in [6.07, 6.45) is 5.98. The SMILES string of the molecule is Cc1n[nH]c(C)c1-c1ccc(NC(=O)[C@@H](NC(=O)C2(F)CC2)C2CCCc3ccc(-c4ccnc(N5C[C@@H]6C[C@H]5CO6)c4)cc32)cc1. The molecule has 2 aromatic heterocycles. The van der Waals surface area contributed by atoms with Gasteiger partial charge in [0.25, 0.3) is 5.91 Å². The number of anilines is 2. The third-order valence-corrected chi connectivity index (χ3v) is 10.4. The second-order valence-electron chi connectivity index (χ2n) is 13.6. The lowest BCUT2D eigenvalue weighted by Gasteiger charge is -2.33. The molecule has 10 heteroatoms. The van der Waals surface area contributed by atoms with Crippen LogP contribution in [0.3, 0.4) is 0 Å². The summed E-state index contributed by atoms with van der Waals surface area (Å²) in [6.45, 7) is 5.52. The predicted octanol–water partition coefficient (Wildman–Crippen LogP) is 5.78. The molecule has 2 amide bonds. The number of carbonyl (C=O) groups excluding carboxylic acids is 2. The van der Waals surface area contributed by atoms with Crippen LogP contribution in [0.25, 0.3) is 22.3 Å². The zero-order valence-electron chi connectivity index (χ0n) is 26.7. The van der Waals surface area contributed by atoms with Crippen molar-refractivity contribution in [1.29, 1.82) is 0 Å². The number of nitrogens with zero attached hydrogens (tertiary/aromatic N) is 3. The summed E-state index contributed by atoms with van der Waals surface area (Å²) in [4.78, 5) is 34.2. The number of morpholine rings is 1. The molecule has 4 atom stereocenters. The minimum absolute atomic E-state index is 0.183. The fraction of sp³-hybridized carbons (Fsp3) is 0.405. The van der Waals surface area contributed by atoms with Crippen molar-refractivity contribution in [2.45, 2.75) is 82.1 Å². The second kappa shape index (κ2) is 11.6. The molecule has 2 aliphatic carbocycles. The van der Waals surface area contributed by atoms with Gasteiger partial charge >= 0.3 is 0 Å². The molecule has 2 aromatic carbocycles. The fourth-order valence-corrected chi connectivity index (χ4v) is 7.67. The van der Waals surface area contributed by atoms with E-state index in [4.69, 9.17) is 4.74 Å². The highest BCUT2D eigenvalue weighted by Gasteiger charge is 2.52. The van der Waals surface area contributed by atoms with Gasteiger partial charge in [-0.15, -0.1) is 0 Å². The third kappa shape index (κ3) is 5.58. The van der Waals surface area contributed by atoms with E-state index in [9.17, 15) is 14.0 Å². The van der Waals surface area contributed by atoms with Gasteiger partial charge in [0.05, 0.1) is 24.4 Å². The normalized spacial score (nSPS) is 22.9. The summed E-state index contributed by atoms with van der Waals surface area (Å²) >= 11 is 0. The van der Waals surface area contributed by atoms with E-state index in [0.717, 1.165) is 83.0 Å². The average Bonchev–Trinajstić information content (AvgIpc) is 3.37. The molecular formula is C37H39FN6O3. The number of hydrogen-bond donors (Lipinski definition) is 3. The number of fused-ring (bicyclic) bond motifs is 3. The molecule has 47 heavy (non-hydrogen) atoms. The first-order valence-corrected chi connectivity index (χ1v) is 16.7. The van der Waals surface area contributed by atoms with E-state index in [0.29, 0.717) is 18.2 Å². The summed E-state index contributed by atoms with van der Waals surface area (Å²) in [7, 11) is 0. The highest BCUT2D eigenvalue weighted by Crippen LogP contribution is 2.42. The molecule has 242 valence electrons. The van der Waals surface area contributed by atoms with Crippen molar-refractivity contribution < 1.29 is 18.7 Å². The topological polar surface area (TPSA) is 112 Å². The third-order valence-electron chi connectivity index (χ3n) is 10.4. The number of alkyl halides is 1. The molecule has 1 unspecified atom stereocenters. The number of amides is 2. The van der Waals surface area contributed by atoms with Gasteiger partial charge in [0.1, 0.15) is 11.9 Å². The number of hydrogen-bond acceptors (Lipinski definition) is 6. The molecule has 9 nitrogen and oxygen atoms in total. The van der Waals surface area contributed by atoms with Crippen LogP contribution in [0.2, 0.25) is 0 Å². The van der Waals surface area contributed by atoms with Gasteiger partial charge in [-0.05, 0) is 104 Å². The van der Waals surface area contributed by atoms with E-state index in [-0.39, 0.29) is 30.8 Å². The van der Waals surface area contributed by atoms with Crippen molar-refractivity contribution in [3.05, 3.63) is 83.3 Å². The second-order valence-corrected chi connectivity index (χ2v) is 13.6. The molecule has 0 spiro atoms. The summed E-state index contributed by atoms with van der Waals surface area (Å²) in [5.41, 5.74) is 6.84. The molecule has 0 radical (unpaired) electrons. The van der Waals surface area contributed by atoms with E-state index in [1.54, 1.807) is 0 Å². The van der Waals surface area contributed by atoms with Gasteiger partial charge in [-0.1, -0.05) is 30.3 Å². The number of ether oxygens (including phenoxy) is 1. The molecule has 3 fully saturated rings. The van der Waals surface area contributed by atoms with E-state index < -0.39 is 17.6 Å². The van der Waals surface area contributed by atoms with Crippen molar-refractivity contribution in [2.75, 3.05) is 23.4 Å². The molecule has 4 aromatic rings. The van der Waals surface area contributed by atoms with E-state index in [2.05, 4.69) is 55.0 Å².